The van der Waals surface area contributed by atoms with Gasteiger partial charge < -0.3 is 10.6 Å². The third-order valence-electron chi connectivity index (χ3n) is 5.22. The van der Waals surface area contributed by atoms with Crippen LogP contribution in [0.4, 0.5) is 0 Å². The molecule has 0 amide bonds. The number of sulfonamides is 1. The molecule has 3 N–H and O–H groups in total. The molecule has 7 heteroatoms. The van der Waals surface area contributed by atoms with Gasteiger partial charge in [0.2, 0.25) is 10.0 Å². The van der Waals surface area contributed by atoms with Crippen LogP contribution in [0.1, 0.15) is 51.9 Å². The van der Waals surface area contributed by atoms with Crippen LogP contribution in [0.5, 0.6) is 0 Å². The fourth-order valence-corrected chi connectivity index (χ4v) is 4.50. The minimum atomic E-state index is -3.11. The van der Waals surface area contributed by atoms with Crippen LogP contribution >= 0.6 is 0 Å². The molecule has 0 aromatic heterocycles. The second-order valence-corrected chi connectivity index (χ2v) is 8.85. The smallest absolute Gasteiger partial charge is 0.211 e. The van der Waals surface area contributed by atoms with Crippen molar-refractivity contribution in [2.45, 2.75) is 57.9 Å². The zero-order valence-corrected chi connectivity index (χ0v) is 15.3. The molecule has 0 radical (unpaired) electrons. The summed E-state index contributed by atoms with van der Waals surface area (Å²) in [4.78, 5) is 4.26. The first-order valence-corrected chi connectivity index (χ1v) is 10.6. The van der Waals surface area contributed by atoms with Gasteiger partial charge in [-0.2, -0.15) is 0 Å². The van der Waals surface area contributed by atoms with Crippen molar-refractivity contribution in [1.82, 2.24) is 15.4 Å². The quantitative estimate of drug-likeness (QED) is 0.387. The summed E-state index contributed by atoms with van der Waals surface area (Å²) in [7, 11) is -1.35. The molecule has 3 unspecified atom stereocenters. The SMILES string of the molecule is CCS(=O)(=O)NCCNC(=NC)NC1CCC2CCCCC2C1. The number of rotatable bonds is 6. The molecule has 0 saturated heterocycles. The Balaban J connectivity index is 1.70. The second kappa shape index (κ2) is 8.87. The summed E-state index contributed by atoms with van der Waals surface area (Å²) < 4.78 is 25.3. The van der Waals surface area contributed by atoms with Gasteiger partial charge >= 0.3 is 0 Å². The van der Waals surface area contributed by atoms with Gasteiger partial charge in [-0.25, -0.2) is 13.1 Å². The van der Waals surface area contributed by atoms with E-state index in [1.165, 1.54) is 44.9 Å². The first-order valence-electron chi connectivity index (χ1n) is 8.98. The van der Waals surface area contributed by atoms with Crippen LogP contribution < -0.4 is 15.4 Å². The Morgan fingerprint density at radius 3 is 2.52 bits per heavy atom. The summed E-state index contributed by atoms with van der Waals surface area (Å²) in [5, 5.41) is 6.71. The van der Waals surface area contributed by atoms with E-state index in [9.17, 15) is 8.42 Å². The highest BCUT2D eigenvalue weighted by Crippen LogP contribution is 2.40. The van der Waals surface area contributed by atoms with Crippen LogP contribution in [0.2, 0.25) is 0 Å². The standard InChI is InChI=1S/C16H32N4O2S/c1-3-23(21,22)19-11-10-18-16(17-2)20-15-9-8-13-6-4-5-7-14(13)12-15/h13-15,19H,3-12H2,1-2H3,(H2,17,18,20). The van der Waals surface area contributed by atoms with Crippen molar-refractivity contribution in [3.63, 3.8) is 0 Å². The predicted octanol–water partition coefficient (Wildman–Crippen LogP) is 1.45. The van der Waals surface area contributed by atoms with Crippen molar-refractivity contribution in [2.24, 2.45) is 16.8 Å². The highest BCUT2D eigenvalue weighted by atomic mass is 32.2. The van der Waals surface area contributed by atoms with Crippen molar-refractivity contribution in [1.29, 1.82) is 0 Å². The van der Waals surface area contributed by atoms with E-state index in [0.717, 1.165) is 17.8 Å². The van der Waals surface area contributed by atoms with E-state index in [1.54, 1.807) is 14.0 Å². The molecule has 2 aliphatic carbocycles. The van der Waals surface area contributed by atoms with E-state index in [2.05, 4.69) is 20.3 Å². The topological polar surface area (TPSA) is 82.6 Å². The fourth-order valence-electron chi connectivity index (χ4n) is 3.88. The molecule has 6 nitrogen and oxygen atoms in total. The summed E-state index contributed by atoms with van der Waals surface area (Å²) in [6.45, 7) is 2.56. The van der Waals surface area contributed by atoms with Gasteiger partial charge in [0.1, 0.15) is 0 Å². The van der Waals surface area contributed by atoms with Gasteiger partial charge in [0.25, 0.3) is 0 Å². The van der Waals surface area contributed by atoms with Gasteiger partial charge in [-0.05, 0) is 38.0 Å². The van der Waals surface area contributed by atoms with Crippen LogP contribution in [-0.2, 0) is 10.0 Å². The largest absolute Gasteiger partial charge is 0.355 e. The average Bonchev–Trinajstić information content (AvgIpc) is 2.57. The Kier molecular flexibility index (Phi) is 7.14. The lowest BCUT2D eigenvalue weighted by atomic mass is 9.69. The van der Waals surface area contributed by atoms with Crippen molar-refractivity contribution in [3.05, 3.63) is 0 Å². The Morgan fingerprint density at radius 2 is 1.83 bits per heavy atom. The van der Waals surface area contributed by atoms with Crippen LogP contribution in [0.15, 0.2) is 4.99 Å². The lowest BCUT2D eigenvalue weighted by molar-refractivity contribution is 0.150. The Morgan fingerprint density at radius 1 is 1.09 bits per heavy atom. The summed E-state index contributed by atoms with van der Waals surface area (Å²) in [6, 6.07) is 0.493. The van der Waals surface area contributed by atoms with Crippen LogP contribution in [-0.4, -0.2) is 46.3 Å². The molecule has 0 bridgehead atoms. The number of fused-ring (bicyclic) bond motifs is 1. The van der Waals surface area contributed by atoms with E-state index in [0.29, 0.717) is 19.1 Å². The maximum atomic E-state index is 11.4. The van der Waals surface area contributed by atoms with Gasteiger partial charge in [-0.3, -0.25) is 4.99 Å². The molecule has 0 heterocycles. The van der Waals surface area contributed by atoms with E-state index < -0.39 is 10.0 Å². The van der Waals surface area contributed by atoms with Gasteiger partial charge in [-0.1, -0.05) is 25.7 Å². The normalized spacial score (nSPS) is 29.0. The highest BCUT2D eigenvalue weighted by Gasteiger charge is 2.32. The minimum Gasteiger partial charge on any atom is -0.355 e. The molecule has 134 valence electrons. The van der Waals surface area contributed by atoms with Gasteiger partial charge in [-0.15, -0.1) is 0 Å². The van der Waals surface area contributed by atoms with E-state index in [1.807, 2.05) is 0 Å². The Labute approximate surface area is 141 Å². The van der Waals surface area contributed by atoms with Crippen molar-refractivity contribution < 1.29 is 8.42 Å². The third kappa shape index (κ3) is 5.95. The molecule has 2 aliphatic rings. The zero-order valence-electron chi connectivity index (χ0n) is 14.5. The van der Waals surface area contributed by atoms with Crippen molar-refractivity contribution in [3.8, 4) is 0 Å². The van der Waals surface area contributed by atoms with E-state index in [-0.39, 0.29) is 5.75 Å². The highest BCUT2D eigenvalue weighted by molar-refractivity contribution is 7.89. The maximum absolute atomic E-state index is 11.4. The van der Waals surface area contributed by atoms with E-state index >= 15 is 0 Å². The van der Waals surface area contributed by atoms with Crippen molar-refractivity contribution >= 4 is 16.0 Å². The number of hydrogen-bond acceptors (Lipinski definition) is 3. The maximum Gasteiger partial charge on any atom is 0.211 e. The molecule has 0 aliphatic heterocycles. The Hall–Kier alpha value is -0.820. The molecule has 0 aromatic carbocycles. The Bertz CT molecular complexity index is 492. The minimum absolute atomic E-state index is 0.116. The molecule has 2 saturated carbocycles. The molecule has 2 rings (SSSR count). The van der Waals surface area contributed by atoms with Gasteiger partial charge in [0.15, 0.2) is 5.96 Å². The molecule has 2 fully saturated rings. The molecule has 3 atom stereocenters. The molecule has 0 aromatic rings. The monoisotopic (exact) mass is 344 g/mol. The molecular weight excluding hydrogens is 312 g/mol. The molecule has 23 heavy (non-hydrogen) atoms. The van der Waals surface area contributed by atoms with Crippen LogP contribution in [0.25, 0.3) is 0 Å². The molecule has 0 spiro atoms. The number of hydrogen-bond donors (Lipinski definition) is 3. The summed E-state index contributed by atoms with van der Waals surface area (Å²) >= 11 is 0. The molecular formula is C16H32N4O2S. The third-order valence-corrected chi connectivity index (χ3v) is 6.63. The van der Waals surface area contributed by atoms with Crippen LogP contribution in [0, 0.1) is 11.8 Å². The second-order valence-electron chi connectivity index (χ2n) is 6.76. The van der Waals surface area contributed by atoms with Crippen LogP contribution in [0.3, 0.4) is 0 Å². The summed E-state index contributed by atoms with van der Waals surface area (Å²) in [5.74, 6) is 2.72. The predicted molar refractivity (Wildman–Crippen MR) is 95.0 cm³/mol. The number of nitrogens with one attached hydrogen (secondary N) is 3. The van der Waals surface area contributed by atoms with Crippen molar-refractivity contribution in [2.75, 3.05) is 25.9 Å². The van der Waals surface area contributed by atoms with Gasteiger partial charge in [0, 0.05) is 26.2 Å². The zero-order chi connectivity index (χ0) is 16.7. The number of guanidine groups is 1. The fraction of sp³-hybridized carbons (Fsp3) is 0.938. The van der Waals surface area contributed by atoms with E-state index in [4.69, 9.17) is 0 Å². The number of nitrogens with zero attached hydrogens (tertiary/aromatic N) is 1. The summed E-state index contributed by atoms with van der Waals surface area (Å²) in [5.41, 5.74) is 0. The lowest BCUT2D eigenvalue weighted by Crippen LogP contribution is -2.48. The first kappa shape index (κ1) is 18.5. The average molecular weight is 345 g/mol. The van der Waals surface area contributed by atoms with Gasteiger partial charge in [0.05, 0.1) is 5.75 Å². The lowest BCUT2D eigenvalue weighted by Gasteiger charge is -2.39. The first-order chi connectivity index (χ1) is 11.0. The number of aliphatic imine (C=N–C) groups is 1. The summed E-state index contributed by atoms with van der Waals surface area (Å²) in [6.07, 6.45) is 9.39.